The molecule has 0 radical (unpaired) electrons. The molecule has 1 saturated heterocycles. The van der Waals surface area contributed by atoms with Crippen molar-refractivity contribution in [2.24, 2.45) is 0 Å². The van der Waals surface area contributed by atoms with E-state index in [1.807, 2.05) is 32.9 Å². The smallest absolute Gasteiger partial charge is 0.253 e. The Labute approximate surface area is 172 Å². The monoisotopic (exact) mass is 398 g/mol. The van der Waals surface area contributed by atoms with Gasteiger partial charge in [0.25, 0.3) is 5.91 Å². The lowest BCUT2D eigenvalue weighted by Gasteiger charge is -2.19. The van der Waals surface area contributed by atoms with E-state index in [0.29, 0.717) is 31.2 Å². The summed E-state index contributed by atoms with van der Waals surface area (Å²) in [5.41, 5.74) is 1.34. The Bertz CT molecular complexity index is 796. The Morgan fingerprint density at radius 1 is 1.14 bits per heavy atom. The van der Waals surface area contributed by atoms with Crippen LogP contribution in [0.2, 0.25) is 0 Å². The predicted molar refractivity (Wildman–Crippen MR) is 112 cm³/mol. The highest BCUT2D eigenvalue weighted by molar-refractivity contribution is 5.93. The summed E-state index contributed by atoms with van der Waals surface area (Å²) in [4.78, 5) is 23.3. The van der Waals surface area contributed by atoms with Crippen LogP contribution in [-0.2, 0) is 11.3 Å². The van der Waals surface area contributed by atoms with Gasteiger partial charge in [0, 0.05) is 38.1 Å². The molecule has 1 fully saturated rings. The molecule has 7 heteroatoms. The molecule has 1 amide bonds. The molecule has 1 aliphatic heterocycles. The van der Waals surface area contributed by atoms with Gasteiger partial charge in [-0.25, -0.2) is 9.97 Å². The fourth-order valence-corrected chi connectivity index (χ4v) is 3.07. The maximum absolute atomic E-state index is 12.4. The SMILES string of the molecule is CC(C)(C)OCCOc1ccc(C(=O)NCc2ccnc(N3CCCC3)c2)cn1. The summed E-state index contributed by atoms with van der Waals surface area (Å²) in [5.74, 6) is 1.29. The van der Waals surface area contributed by atoms with Gasteiger partial charge in [-0.15, -0.1) is 0 Å². The Kier molecular flexibility index (Phi) is 7.04. The number of amides is 1. The molecule has 29 heavy (non-hydrogen) atoms. The Morgan fingerprint density at radius 3 is 2.62 bits per heavy atom. The number of aromatic nitrogens is 2. The molecule has 0 bridgehead atoms. The van der Waals surface area contributed by atoms with Crippen LogP contribution in [0.5, 0.6) is 5.88 Å². The van der Waals surface area contributed by atoms with E-state index in [0.717, 1.165) is 24.5 Å². The van der Waals surface area contributed by atoms with E-state index >= 15 is 0 Å². The Balaban J connectivity index is 1.46. The Hall–Kier alpha value is -2.67. The van der Waals surface area contributed by atoms with Crippen molar-refractivity contribution in [3.8, 4) is 5.88 Å². The molecule has 1 N–H and O–H groups in total. The van der Waals surface area contributed by atoms with Crippen LogP contribution >= 0.6 is 0 Å². The molecular formula is C22H30N4O3. The molecule has 3 rings (SSSR count). The molecule has 2 aromatic heterocycles. The zero-order valence-corrected chi connectivity index (χ0v) is 17.5. The molecular weight excluding hydrogens is 368 g/mol. The fraction of sp³-hybridized carbons (Fsp3) is 0.500. The highest BCUT2D eigenvalue weighted by Crippen LogP contribution is 2.18. The summed E-state index contributed by atoms with van der Waals surface area (Å²) >= 11 is 0. The maximum atomic E-state index is 12.4. The first kappa shape index (κ1) is 21.0. The molecule has 0 atom stereocenters. The second kappa shape index (κ2) is 9.69. The van der Waals surface area contributed by atoms with Gasteiger partial charge in [0.1, 0.15) is 12.4 Å². The lowest BCUT2D eigenvalue weighted by molar-refractivity contribution is -0.0168. The minimum Gasteiger partial charge on any atom is -0.475 e. The van der Waals surface area contributed by atoms with Crippen LogP contribution in [0.4, 0.5) is 5.82 Å². The first-order chi connectivity index (χ1) is 13.9. The van der Waals surface area contributed by atoms with E-state index in [1.165, 1.54) is 19.0 Å². The van der Waals surface area contributed by atoms with Crippen molar-refractivity contribution in [1.29, 1.82) is 0 Å². The molecule has 7 nitrogen and oxygen atoms in total. The van der Waals surface area contributed by atoms with Crippen molar-refractivity contribution < 1.29 is 14.3 Å². The quantitative estimate of drug-likeness (QED) is 0.688. The zero-order valence-electron chi connectivity index (χ0n) is 17.5. The second-order valence-electron chi connectivity index (χ2n) is 8.09. The number of carbonyl (C=O) groups is 1. The number of pyridine rings is 2. The van der Waals surface area contributed by atoms with Crippen molar-refractivity contribution in [2.45, 2.75) is 45.8 Å². The molecule has 0 unspecified atom stereocenters. The molecule has 2 aromatic rings. The van der Waals surface area contributed by atoms with Gasteiger partial charge >= 0.3 is 0 Å². The molecule has 3 heterocycles. The van der Waals surface area contributed by atoms with Gasteiger partial charge in [-0.2, -0.15) is 0 Å². The topological polar surface area (TPSA) is 76.6 Å². The first-order valence-corrected chi connectivity index (χ1v) is 10.1. The standard InChI is InChI=1S/C22H30N4O3/c1-22(2,3)29-13-12-28-20-7-6-18(16-24-20)21(27)25-15-17-8-9-23-19(14-17)26-10-4-5-11-26/h6-9,14,16H,4-5,10-13,15H2,1-3H3,(H,25,27). The summed E-state index contributed by atoms with van der Waals surface area (Å²) in [7, 11) is 0. The van der Waals surface area contributed by atoms with Crippen LogP contribution in [0.15, 0.2) is 36.7 Å². The van der Waals surface area contributed by atoms with E-state index < -0.39 is 0 Å². The highest BCUT2D eigenvalue weighted by Gasteiger charge is 2.14. The van der Waals surface area contributed by atoms with Gasteiger partial charge in [0.2, 0.25) is 5.88 Å². The minimum atomic E-state index is -0.192. The van der Waals surface area contributed by atoms with E-state index in [9.17, 15) is 4.79 Å². The third-order valence-corrected chi connectivity index (χ3v) is 4.56. The van der Waals surface area contributed by atoms with Crippen LogP contribution in [0.1, 0.15) is 49.5 Å². The fourth-order valence-electron chi connectivity index (χ4n) is 3.07. The van der Waals surface area contributed by atoms with Gasteiger partial charge in [0.05, 0.1) is 17.8 Å². The summed E-state index contributed by atoms with van der Waals surface area (Å²) < 4.78 is 11.2. The predicted octanol–water partition coefficient (Wildman–Crippen LogP) is 3.20. The molecule has 156 valence electrons. The van der Waals surface area contributed by atoms with Crippen molar-refractivity contribution in [2.75, 3.05) is 31.2 Å². The average molecular weight is 399 g/mol. The number of nitrogens with zero attached hydrogens (tertiary/aromatic N) is 3. The van der Waals surface area contributed by atoms with Crippen LogP contribution in [-0.4, -0.2) is 47.8 Å². The first-order valence-electron chi connectivity index (χ1n) is 10.1. The molecule has 0 aliphatic carbocycles. The van der Waals surface area contributed by atoms with Gasteiger partial charge in [-0.1, -0.05) is 0 Å². The molecule has 1 aliphatic rings. The summed E-state index contributed by atoms with van der Waals surface area (Å²) in [6.45, 7) is 9.44. The average Bonchev–Trinajstić information content (AvgIpc) is 3.24. The normalized spacial score (nSPS) is 14.1. The van der Waals surface area contributed by atoms with Crippen molar-refractivity contribution in [3.05, 3.63) is 47.8 Å². The molecule has 0 spiro atoms. The maximum Gasteiger partial charge on any atom is 0.253 e. The van der Waals surface area contributed by atoms with E-state index in [-0.39, 0.29) is 11.5 Å². The second-order valence-corrected chi connectivity index (χ2v) is 8.09. The number of anilines is 1. The lowest BCUT2D eigenvalue weighted by Crippen LogP contribution is -2.24. The van der Waals surface area contributed by atoms with Crippen molar-refractivity contribution in [1.82, 2.24) is 15.3 Å². The van der Waals surface area contributed by atoms with Gasteiger partial charge < -0.3 is 19.7 Å². The number of hydrogen-bond acceptors (Lipinski definition) is 6. The van der Waals surface area contributed by atoms with Crippen LogP contribution in [0.3, 0.4) is 0 Å². The van der Waals surface area contributed by atoms with Crippen molar-refractivity contribution in [3.63, 3.8) is 0 Å². The number of hydrogen-bond donors (Lipinski definition) is 1. The summed E-state index contributed by atoms with van der Waals surface area (Å²) in [6.07, 6.45) is 5.74. The van der Waals surface area contributed by atoms with Gasteiger partial charge in [-0.3, -0.25) is 4.79 Å². The summed E-state index contributed by atoms with van der Waals surface area (Å²) in [5, 5.41) is 2.94. The third kappa shape index (κ3) is 6.71. The van der Waals surface area contributed by atoms with E-state index in [4.69, 9.17) is 9.47 Å². The Morgan fingerprint density at radius 2 is 1.93 bits per heavy atom. The minimum absolute atomic E-state index is 0.167. The van der Waals surface area contributed by atoms with Gasteiger partial charge in [-0.05, 0) is 57.4 Å². The highest BCUT2D eigenvalue weighted by atomic mass is 16.5. The van der Waals surface area contributed by atoms with Crippen LogP contribution in [0.25, 0.3) is 0 Å². The number of carbonyl (C=O) groups excluding carboxylic acids is 1. The number of nitrogens with one attached hydrogen (secondary N) is 1. The lowest BCUT2D eigenvalue weighted by atomic mass is 10.2. The number of rotatable bonds is 8. The molecule has 0 aromatic carbocycles. The largest absolute Gasteiger partial charge is 0.475 e. The third-order valence-electron chi connectivity index (χ3n) is 4.56. The van der Waals surface area contributed by atoms with Crippen LogP contribution < -0.4 is 15.0 Å². The number of ether oxygens (including phenoxy) is 2. The van der Waals surface area contributed by atoms with E-state index in [2.05, 4.69) is 20.2 Å². The van der Waals surface area contributed by atoms with E-state index in [1.54, 1.807) is 18.3 Å². The van der Waals surface area contributed by atoms with Crippen molar-refractivity contribution >= 4 is 11.7 Å². The zero-order chi connectivity index (χ0) is 20.7. The summed E-state index contributed by atoms with van der Waals surface area (Å²) in [6, 6.07) is 7.38. The van der Waals surface area contributed by atoms with Crippen LogP contribution in [0, 0.1) is 0 Å². The molecule has 0 saturated carbocycles. The van der Waals surface area contributed by atoms with Gasteiger partial charge in [0.15, 0.2) is 0 Å².